The summed E-state index contributed by atoms with van der Waals surface area (Å²) in [5, 5.41) is 8.61. The van der Waals surface area contributed by atoms with Crippen LogP contribution in [0.15, 0.2) is 12.2 Å². The first-order valence-electron chi connectivity index (χ1n) is 9.12. The van der Waals surface area contributed by atoms with Crippen LogP contribution >= 0.6 is 0 Å². The van der Waals surface area contributed by atoms with Gasteiger partial charge in [0.05, 0.1) is 0 Å². The Morgan fingerprint density at radius 1 is 1.10 bits per heavy atom. The first kappa shape index (κ1) is 18.3. The van der Waals surface area contributed by atoms with Gasteiger partial charge in [0, 0.05) is 6.42 Å². The minimum absolute atomic E-state index is 0.340. The van der Waals surface area contributed by atoms with E-state index in [1.807, 2.05) is 0 Å². The van der Waals surface area contributed by atoms with Crippen LogP contribution in [0.5, 0.6) is 0 Å². The van der Waals surface area contributed by atoms with E-state index in [1.54, 1.807) is 0 Å². The number of hydrogen-bond donors (Lipinski definition) is 1. The Morgan fingerprint density at radius 2 is 1.90 bits per heavy atom. The van der Waals surface area contributed by atoms with Crippen molar-refractivity contribution in [2.45, 2.75) is 90.4 Å². The number of carbonyl (C=O) groups is 1. The Bertz CT molecular complexity index is 296. The number of carboxylic acid groups (broad SMARTS) is 1. The van der Waals surface area contributed by atoms with Gasteiger partial charge in [-0.2, -0.15) is 0 Å². The lowest BCUT2D eigenvalue weighted by molar-refractivity contribution is -0.137. The van der Waals surface area contributed by atoms with Crippen molar-refractivity contribution >= 4 is 5.97 Å². The van der Waals surface area contributed by atoms with Crippen LogP contribution in [0.4, 0.5) is 0 Å². The summed E-state index contributed by atoms with van der Waals surface area (Å²) in [6, 6.07) is 0. The summed E-state index contributed by atoms with van der Waals surface area (Å²) >= 11 is 0. The molecule has 1 N–H and O–H groups in total. The molecule has 1 aliphatic rings. The lowest BCUT2D eigenvalue weighted by atomic mass is 9.90. The molecule has 0 spiro atoms. The molecule has 0 bridgehead atoms. The molecular formula is C19H34O2. The van der Waals surface area contributed by atoms with Crippen molar-refractivity contribution in [2.24, 2.45) is 11.8 Å². The zero-order valence-electron chi connectivity index (χ0n) is 13.9. The molecule has 122 valence electrons. The van der Waals surface area contributed by atoms with Crippen molar-refractivity contribution in [3.63, 3.8) is 0 Å². The predicted molar refractivity (Wildman–Crippen MR) is 89.5 cm³/mol. The Hall–Kier alpha value is -0.790. The molecule has 0 unspecified atom stereocenters. The molecule has 1 fully saturated rings. The molecule has 0 heterocycles. The highest BCUT2D eigenvalue weighted by Gasteiger charge is 2.24. The van der Waals surface area contributed by atoms with E-state index >= 15 is 0 Å². The van der Waals surface area contributed by atoms with Gasteiger partial charge in [0.25, 0.3) is 0 Å². The van der Waals surface area contributed by atoms with Gasteiger partial charge >= 0.3 is 5.97 Å². The molecule has 21 heavy (non-hydrogen) atoms. The molecule has 2 atom stereocenters. The van der Waals surface area contributed by atoms with E-state index < -0.39 is 5.97 Å². The highest BCUT2D eigenvalue weighted by Crippen LogP contribution is 2.36. The number of aliphatic carboxylic acids is 1. The first-order chi connectivity index (χ1) is 10.2. The largest absolute Gasteiger partial charge is 0.481 e. The minimum atomic E-state index is -0.654. The van der Waals surface area contributed by atoms with Crippen molar-refractivity contribution in [2.75, 3.05) is 0 Å². The molecule has 0 saturated heterocycles. The third-order valence-electron chi connectivity index (χ3n) is 4.79. The SMILES string of the molecule is CCCCCC=C[C@H]1CCC[C@@H]1CCCCCCC(=O)O. The van der Waals surface area contributed by atoms with E-state index in [-0.39, 0.29) is 0 Å². The van der Waals surface area contributed by atoms with Gasteiger partial charge in [-0.1, -0.05) is 57.6 Å². The second-order valence-corrected chi connectivity index (χ2v) is 6.63. The molecule has 0 aromatic rings. The molecule has 1 rings (SSSR count). The van der Waals surface area contributed by atoms with Crippen molar-refractivity contribution < 1.29 is 9.90 Å². The smallest absolute Gasteiger partial charge is 0.303 e. The molecule has 2 nitrogen and oxygen atoms in total. The van der Waals surface area contributed by atoms with Crippen LogP contribution < -0.4 is 0 Å². The predicted octanol–water partition coefficient (Wildman–Crippen LogP) is 5.96. The maximum atomic E-state index is 10.4. The lowest BCUT2D eigenvalue weighted by Gasteiger charge is -2.16. The highest BCUT2D eigenvalue weighted by molar-refractivity contribution is 5.66. The van der Waals surface area contributed by atoms with Crippen LogP contribution in [0.25, 0.3) is 0 Å². The van der Waals surface area contributed by atoms with Crippen LogP contribution in [0.2, 0.25) is 0 Å². The summed E-state index contributed by atoms with van der Waals surface area (Å²) in [6.45, 7) is 2.26. The zero-order chi connectivity index (χ0) is 15.3. The second-order valence-electron chi connectivity index (χ2n) is 6.63. The van der Waals surface area contributed by atoms with Gasteiger partial charge < -0.3 is 5.11 Å². The van der Waals surface area contributed by atoms with Crippen molar-refractivity contribution in [1.29, 1.82) is 0 Å². The van der Waals surface area contributed by atoms with Crippen LogP contribution in [-0.2, 0) is 4.79 Å². The van der Waals surface area contributed by atoms with Crippen molar-refractivity contribution in [1.82, 2.24) is 0 Å². The van der Waals surface area contributed by atoms with E-state index in [2.05, 4.69) is 19.1 Å². The fourth-order valence-corrected chi connectivity index (χ4v) is 3.50. The van der Waals surface area contributed by atoms with Gasteiger partial charge in [-0.15, -0.1) is 0 Å². The van der Waals surface area contributed by atoms with Gasteiger partial charge in [0.1, 0.15) is 0 Å². The number of carboxylic acids is 1. The number of allylic oxidation sites excluding steroid dienone is 2. The molecule has 0 aromatic heterocycles. The van der Waals surface area contributed by atoms with E-state index in [0.29, 0.717) is 6.42 Å². The molecule has 0 amide bonds. The summed E-state index contributed by atoms with van der Waals surface area (Å²) in [4.78, 5) is 10.4. The van der Waals surface area contributed by atoms with Crippen molar-refractivity contribution in [3.8, 4) is 0 Å². The Labute approximate surface area is 131 Å². The Balaban J connectivity index is 2.08. The molecule has 0 radical (unpaired) electrons. The quantitative estimate of drug-likeness (QED) is 0.356. The van der Waals surface area contributed by atoms with Crippen molar-refractivity contribution in [3.05, 3.63) is 12.2 Å². The Kier molecular flexibility index (Phi) is 10.3. The van der Waals surface area contributed by atoms with Crippen LogP contribution in [-0.4, -0.2) is 11.1 Å². The van der Waals surface area contributed by atoms with Gasteiger partial charge in [-0.05, 0) is 50.4 Å². The average Bonchev–Trinajstić information content (AvgIpc) is 2.89. The fourth-order valence-electron chi connectivity index (χ4n) is 3.50. The van der Waals surface area contributed by atoms with Gasteiger partial charge in [-0.25, -0.2) is 0 Å². The normalized spacial score (nSPS) is 22.1. The molecular weight excluding hydrogens is 260 g/mol. The van der Waals surface area contributed by atoms with Crippen LogP contribution in [0.1, 0.15) is 90.4 Å². The minimum Gasteiger partial charge on any atom is -0.481 e. The van der Waals surface area contributed by atoms with Crippen LogP contribution in [0.3, 0.4) is 0 Å². The molecule has 2 heteroatoms. The zero-order valence-corrected chi connectivity index (χ0v) is 13.9. The molecule has 0 aromatic carbocycles. The summed E-state index contributed by atoms with van der Waals surface area (Å²) < 4.78 is 0. The number of unbranched alkanes of at least 4 members (excludes halogenated alkanes) is 6. The maximum Gasteiger partial charge on any atom is 0.303 e. The lowest BCUT2D eigenvalue weighted by Crippen LogP contribution is -2.05. The third kappa shape index (κ3) is 8.95. The van der Waals surface area contributed by atoms with Gasteiger partial charge in [-0.3, -0.25) is 4.79 Å². The number of rotatable bonds is 12. The summed E-state index contributed by atoms with van der Waals surface area (Å²) in [6.07, 6.45) is 20.5. The van der Waals surface area contributed by atoms with E-state index in [4.69, 9.17) is 5.11 Å². The average molecular weight is 294 g/mol. The summed E-state index contributed by atoms with van der Waals surface area (Å²) in [5.74, 6) is 1.07. The van der Waals surface area contributed by atoms with E-state index in [9.17, 15) is 4.79 Å². The first-order valence-corrected chi connectivity index (χ1v) is 9.12. The Morgan fingerprint density at radius 3 is 2.67 bits per heavy atom. The highest BCUT2D eigenvalue weighted by atomic mass is 16.4. The summed E-state index contributed by atoms with van der Waals surface area (Å²) in [5.41, 5.74) is 0. The molecule has 1 saturated carbocycles. The van der Waals surface area contributed by atoms with Crippen LogP contribution in [0, 0.1) is 11.8 Å². The second kappa shape index (κ2) is 11.8. The molecule has 1 aliphatic carbocycles. The standard InChI is InChI=1S/C19H34O2/c1-2-3-4-5-8-12-17-14-11-15-18(17)13-9-6-7-10-16-19(20)21/h8,12,17-18H,2-7,9-11,13-16H2,1H3,(H,20,21)/t17-,18-/m0/s1. The summed E-state index contributed by atoms with van der Waals surface area (Å²) in [7, 11) is 0. The fraction of sp³-hybridized carbons (Fsp3) is 0.842. The molecule has 0 aliphatic heterocycles. The number of hydrogen-bond acceptors (Lipinski definition) is 1. The van der Waals surface area contributed by atoms with E-state index in [0.717, 1.165) is 24.7 Å². The van der Waals surface area contributed by atoms with Gasteiger partial charge in [0.15, 0.2) is 0 Å². The maximum absolute atomic E-state index is 10.4. The van der Waals surface area contributed by atoms with Gasteiger partial charge in [0.2, 0.25) is 0 Å². The topological polar surface area (TPSA) is 37.3 Å². The monoisotopic (exact) mass is 294 g/mol. The third-order valence-corrected chi connectivity index (χ3v) is 4.79. The van der Waals surface area contributed by atoms with E-state index in [1.165, 1.54) is 64.2 Å².